The largest absolute Gasteiger partial charge is 0.387 e. The third-order valence-corrected chi connectivity index (χ3v) is 9.07. The van der Waals surface area contributed by atoms with Crippen molar-refractivity contribution in [2.24, 2.45) is 11.3 Å². The quantitative estimate of drug-likeness (QED) is 0.219. The number of hydrogen-bond donors (Lipinski definition) is 2. The van der Waals surface area contributed by atoms with Crippen LogP contribution in [-0.4, -0.2) is 41.3 Å². The van der Waals surface area contributed by atoms with Gasteiger partial charge in [-0.05, 0) is 80.8 Å². The van der Waals surface area contributed by atoms with Gasteiger partial charge in [-0.15, -0.1) is 11.6 Å². The van der Waals surface area contributed by atoms with Crippen LogP contribution >= 0.6 is 23.2 Å². The summed E-state index contributed by atoms with van der Waals surface area (Å²) in [6, 6.07) is 20.0. The van der Waals surface area contributed by atoms with Crippen LogP contribution in [0.1, 0.15) is 55.5 Å². The van der Waals surface area contributed by atoms with Crippen molar-refractivity contribution in [2.45, 2.75) is 64.0 Å². The molecule has 0 bridgehead atoms. The van der Waals surface area contributed by atoms with Crippen LogP contribution in [0.4, 0.5) is 11.6 Å². The maximum Gasteiger partial charge on any atom is 0.227 e. The molecule has 3 atom stereocenters. The monoisotopic (exact) mass is 578 g/mol. The average Bonchev–Trinajstić information content (AvgIpc) is 3.63. The van der Waals surface area contributed by atoms with Gasteiger partial charge >= 0.3 is 0 Å². The van der Waals surface area contributed by atoms with Gasteiger partial charge in [0, 0.05) is 39.3 Å². The molecule has 2 saturated carbocycles. The van der Waals surface area contributed by atoms with Crippen molar-refractivity contribution >= 4 is 34.8 Å². The van der Waals surface area contributed by atoms with E-state index in [4.69, 9.17) is 23.2 Å². The summed E-state index contributed by atoms with van der Waals surface area (Å²) in [6.07, 6.45) is 8.31. The predicted octanol–water partition coefficient (Wildman–Crippen LogP) is 6.97. The van der Waals surface area contributed by atoms with Crippen molar-refractivity contribution in [3.8, 4) is 0 Å². The van der Waals surface area contributed by atoms with E-state index in [-0.39, 0.29) is 11.3 Å². The number of hydrogen-bond acceptors (Lipinski definition) is 6. The lowest BCUT2D eigenvalue weighted by Crippen LogP contribution is -2.51. The van der Waals surface area contributed by atoms with Crippen molar-refractivity contribution in [3.63, 3.8) is 0 Å². The highest BCUT2D eigenvalue weighted by molar-refractivity contribution is 6.30. The molecular formula is C31H36Cl2N6O. The summed E-state index contributed by atoms with van der Waals surface area (Å²) in [5, 5.41) is 19.7. The summed E-state index contributed by atoms with van der Waals surface area (Å²) in [5.41, 5.74) is 3.16. The Balaban J connectivity index is 0.000000168. The van der Waals surface area contributed by atoms with Crippen LogP contribution < -0.4 is 5.32 Å². The molecule has 210 valence electrons. The fourth-order valence-corrected chi connectivity index (χ4v) is 6.06. The highest BCUT2D eigenvalue weighted by atomic mass is 35.5. The van der Waals surface area contributed by atoms with Gasteiger partial charge in [0.05, 0.1) is 12.1 Å². The molecule has 40 heavy (non-hydrogen) atoms. The molecule has 9 heteroatoms. The summed E-state index contributed by atoms with van der Waals surface area (Å²) in [5.74, 6) is 1.91. The molecule has 7 nitrogen and oxygen atoms in total. The molecule has 0 amide bonds. The molecule has 4 aromatic rings. The lowest BCUT2D eigenvalue weighted by molar-refractivity contribution is -0.0891. The predicted molar refractivity (Wildman–Crippen MR) is 160 cm³/mol. The van der Waals surface area contributed by atoms with Crippen LogP contribution in [0.3, 0.4) is 0 Å². The van der Waals surface area contributed by atoms with E-state index >= 15 is 0 Å². The summed E-state index contributed by atoms with van der Waals surface area (Å²) in [6.45, 7) is 4.50. The van der Waals surface area contributed by atoms with E-state index in [0.717, 1.165) is 35.7 Å². The minimum absolute atomic E-state index is 0.122. The second-order valence-electron chi connectivity index (χ2n) is 11.3. The van der Waals surface area contributed by atoms with Gasteiger partial charge in [0.2, 0.25) is 5.95 Å². The molecule has 0 radical (unpaired) electrons. The minimum Gasteiger partial charge on any atom is -0.387 e. The first-order chi connectivity index (χ1) is 19.3. The number of para-hydroxylation sites is 1. The van der Waals surface area contributed by atoms with Gasteiger partial charge in [-0.2, -0.15) is 5.10 Å². The molecule has 2 N–H and O–H groups in total. The van der Waals surface area contributed by atoms with E-state index in [1.807, 2.05) is 61.5 Å². The molecule has 0 saturated heterocycles. The fourth-order valence-electron chi connectivity index (χ4n) is 5.57. The number of halogens is 2. The number of nitrogens with one attached hydrogen (secondary N) is 1. The zero-order valence-electron chi connectivity index (χ0n) is 23.0. The fraction of sp³-hybridized carbons (Fsp3) is 0.419. The molecule has 2 heterocycles. The van der Waals surface area contributed by atoms with Crippen molar-refractivity contribution < 1.29 is 5.11 Å². The standard InChI is InChI=1S/C17H21Cl2N3O.C14H15N3/c1-16(9-18)7-6-14(8-13-2-4-15(19)5-3-13)17(16,23)10-22-12-20-11-21-22;1-10-9-13(11-7-8-11)17-14(15-10)16-12-5-3-2-4-6-12/h2-5,11-12,14,23H,6-10H2,1H3;2-6,9,11H,7-8H2,1H3,(H,15,16,17). The Morgan fingerprint density at radius 1 is 1.05 bits per heavy atom. The van der Waals surface area contributed by atoms with Gasteiger partial charge in [-0.1, -0.05) is 48.9 Å². The maximum atomic E-state index is 11.6. The van der Waals surface area contributed by atoms with Crippen molar-refractivity contribution in [1.82, 2.24) is 24.7 Å². The number of benzene rings is 2. The Labute approximate surface area is 246 Å². The lowest BCUT2D eigenvalue weighted by atomic mass is 9.72. The van der Waals surface area contributed by atoms with Gasteiger partial charge in [0.25, 0.3) is 0 Å². The van der Waals surface area contributed by atoms with Crippen LogP contribution in [0, 0.1) is 18.3 Å². The first-order valence-corrected chi connectivity index (χ1v) is 14.7. The smallest absolute Gasteiger partial charge is 0.227 e. The Morgan fingerprint density at radius 2 is 1.80 bits per heavy atom. The van der Waals surface area contributed by atoms with Crippen LogP contribution in [0.5, 0.6) is 0 Å². The van der Waals surface area contributed by atoms with Gasteiger partial charge in [-0.3, -0.25) is 4.68 Å². The SMILES string of the molecule is CC1(CCl)CCC(Cc2ccc(Cl)cc2)C1(O)Cn1cncn1.Cc1cc(C2CC2)nc(Nc2ccccc2)n1. The van der Waals surface area contributed by atoms with Gasteiger partial charge in [0.1, 0.15) is 12.7 Å². The molecule has 0 spiro atoms. The van der Waals surface area contributed by atoms with Gasteiger partial charge < -0.3 is 10.4 Å². The highest BCUT2D eigenvalue weighted by Gasteiger charge is 2.56. The van der Waals surface area contributed by atoms with Crippen LogP contribution in [0.15, 0.2) is 73.3 Å². The topological polar surface area (TPSA) is 88.8 Å². The zero-order chi connectivity index (χ0) is 28.2. The summed E-state index contributed by atoms with van der Waals surface area (Å²) >= 11 is 12.2. The minimum atomic E-state index is -0.915. The van der Waals surface area contributed by atoms with E-state index in [9.17, 15) is 5.11 Å². The van der Waals surface area contributed by atoms with E-state index in [0.29, 0.717) is 24.3 Å². The Morgan fingerprint density at radius 3 is 2.45 bits per heavy atom. The molecule has 2 aliphatic carbocycles. The number of aliphatic hydroxyl groups is 1. The molecular weight excluding hydrogens is 543 g/mol. The second-order valence-corrected chi connectivity index (χ2v) is 12.0. The third kappa shape index (κ3) is 6.65. The molecule has 2 aromatic heterocycles. The number of aromatic nitrogens is 5. The van der Waals surface area contributed by atoms with Crippen molar-refractivity contribution in [1.29, 1.82) is 0 Å². The molecule has 2 aliphatic rings. The van der Waals surface area contributed by atoms with E-state index < -0.39 is 5.60 Å². The molecule has 0 aliphatic heterocycles. The summed E-state index contributed by atoms with van der Waals surface area (Å²) in [4.78, 5) is 13.0. The molecule has 2 aromatic carbocycles. The molecule has 2 fully saturated rings. The first-order valence-electron chi connectivity index (χ1n) is 13.8. The van der Waals surface area contributed by atoms with E-state index in [1.54, 1.807) is 11.0 Å². The van der Waals surface area contributed by atoms with E-state index in [2.05, 4.69) is 38.4 Å². The van der Waals surface area contributed by atoms with Crippen molar-refractivity contribution in [3.05, 3.63) is 95.3 Å². The summed E-state index contributed by atoms with van der Waals surface area (Å²) in [7, 11) is 0. The van der Waals surface area contributed by atoms with Gasteiger partial charge in [-0.25, -0.2) is 15.0 Å². The average molecular weight is 580 g/mol. The van der Waals surface area contributed by atoms with Crippen LogP contribution in [0.2, 0.25) is 5.02 Å². The lowest BCUT2D eigenvalue weighted by Gasteiger charge is -2.42. The number of anilines is 2. The number of aryl methyl sites for hydroxylation is 1. The number of rotatable bonds is 8. The van der Waals surface area contributed by atoms with Crippen molar-refractivity contribution in [2.75, 3.05) is 11.2 Å². The summed E-state index contributed by atoms with van der Waals surface area (Å²) < 4.78 is 1.70. The highest BCUT2D eigenvalue weighted by Crippen LogP contribution is 2.52. The molecule has 6 rings (SSSR count). The molecule has 3 unspecified atom stereocenters. The van der Waals surface area contributed by atoms with E-state index in [1.165, 1.54) is 30.4 Å². The first kappa shape index (κ1) is 28.5. The number of alkyl halides is 1. The maximum absolute atomic E-state index is 11.6. The zero-order valence-corrected chi connectivity index (χ0v) is 24.5. The normalized spacial score (nSPS) is 23.9. The van der Waals surface area contributed by atoms with Gasteiger partial charge in [0.15, 0.2) is 0 Å². The van der Waals surface area contributed by atoms with Crippen LogP contribution in [-0.2, 0) is 13.0 Å². The second kappa shape index (κ2) is 12.2. The van der Waals surface area contributed by atoms with Crippen LogP contribution in [0.25, 0.3) is 0 Å². The Hall–Kier alpha value is -3.00. The third-order valence-electron chi connectivity index (χ3n) is 8.22. The Kier molecular flexibility index (Phi) is 8.74. The Bertz CT molecular complexity index is 1380. The number of nitrogens with zero attached hydrogens (tertiary/aromatic N) is 5.